The monoisotopic (exact) mass is 330 g/mol. The van der Waals surface area contributed by atoms with Gasteiger partial charge in [0.1, 0.15) is 0 Å². The fourth-order valence-electron chi connectivity index (χ4n) is 3.99. The molecule has 1 aliphatic heterocycles. The second-order valence-electron chi connectivity index (χ2n) is 7.71. The number of carbonyl (C=O) groups excluding carboxylic acids is 1. The van der Waals surface area contributed by atoms with Crippen molar-refractivity contribution in [1.29, 1.82) is 0 Å². The van der Waals surface area contributed by atoms with Crippen LogP contribution >= 0.6 is 0 Å². The Morgan fingerprint density at radius 3 is 2.79 bits per heavy atom. The van der Waals surface area contributed by atoms with Crippen LogP contribution in [0.3, 0.4) is 0 Å². The van der Waals surface area contributed by atoms with Crippen LogP contribution < -0.4 is 5.32 Å². The van der Waals surface area contributed by atoms with E-state index in [4.69, 9.17) is 4.74 Å². The third-order valence-electron chi connectivity index (χ3n) is 5.35. The van der Waals surface area contributed by atoms with Crippen molar-refractivity contribution in [2.45, 2.75) is 51.0 Å². The van der Waals surface area contributed by atoms with Gasteiger partial charge in [0.25, 0.3) is 0 Å². The molecule has 1 aromatic carbocycles. The summed E-state index contributed by atoms with van der Waals surface area (Å²) in [5.74, 6) is 0.189. The Hall–Kier alpha value is -1.39. The van der Waals surface area contributed by atoms with Gasteiger partial charge in [-0.05, 0) is 42.3 Å². The quantitative estimate of drug-likeness (QED) is 0.815. The minimum Gasteiger partial charge on any atom is -0.379 e. The summed E-state index contributed by atoms with van der Waals surface area (Å²) >= 11 is 0. The molecule has 1 atom stereocenters. The lowest BCUT2D eigenvalue weighted by atomic mass is 9.86. The van der Waals surface area contributed by atoms with E-state index in [0.29, 0.717) is 6.42 Å². The number of unbranched alkanes of at least 4 members (excludes halogenated alkanes) is 1. The minimum atomic E-state index is 0.144. The van der Waals surface area contributed by atoms with Crippen LogP contribution in [0.15, 0.2) is 24.3 Å². The molecular weight excluding hydrogens is 300 g/mol. The normalized spacial score (nSPS) is 23.0. The molecule has 1 heterocycles. The fraction of sp³-hybridized carbons (Fsp3) is 0.650. The average Bonchev–Trinajstić information content (AvgIpc) is 2.84. The van der Waals surface area contributed by atoms with Crippen molar-refractivity contribution in [2.75, 3.05) is 32.8 Å². The van der Waals surface area contributed by atoms with Crippen LogP contribution in [0.2, 0.25) is 0 Å². The Kier molecular flexibility index (Phi) is 5.57. The lowest BCUT2D eigenvalue weighted by Crippen LogP contribution is -2.36. The summed E-state index contributed by atoms with van der Waals surface area (Å²) in [6, 6.07) is 8.69. The van der Waals surface area contributed by atoms with Gasteiger partial charge in [-0.1, -0.05) is 38.1 Å². The molecule has 3 rings (SSSR count). The molecule has 0 unspecified atom stereocenters. The number of ether oxygens (including phenoxy) is 1. The van der Waals surface area contributed by atoms with Gasteiger partial charge >= 0.3 is 0 Å². The standard InChI is InChI=1S/C20H30N2O2/c1-20(2)15-18(16-7-3-4-8-17(16)20)21-19(23)9-5-6-10-22-11-13-24-14-12-22/h3-4,7-8,18H,5-6,9-15H2,1-2H3,(H,21,23)/t18-/m1/s1. The first kappa shape index (κ1) is 17.4. The average molecular weight is 330 g/mol. The molecule has 4 heteroatoms. The highest BCUT2D eigenvalue weighted by Crippen LogP contribution is 2.44. The summed E-state index contributed by atoms with van der Waals surface area (Å²) in [5, 5.41) is 3.26. The highest BCUT2D eigenvalue weighted by atomic mass is 16.5. The smallest absolute Gasteiger partial charge is 0.220 e. The third kappa shape index (κ3) is 4.17. The Balaban J connectivity index is 1.42. The van der Waals surface area contributed by atoms with E-state index >= 15 is 0 Å². The molecule has 1 N–H and O–H groups in total. The number of hydrogen-bond donors (Lipinski definition) is 1. The lowest BCUT2D eigenvalue weighted by Gasteiger charge is -2.26. The molecule has 0 saturated carbocycles. The number of fused-ring (bicyclic) bond motifs is 1. The van der Waals surface area contributed by atoms with E-state index in [1.165, 1.54) is 11.1 Å². The Bertz CT molecular complexity index is 565. The summed E-state index contributed by atoms with van der Waals surface area (Å²) in [6.45, 7) is 9.35. The van der Waals surface area contributed by atoms with Crippen LogP contribution in [0.25, 0.3) is 0 Å². The van der Waals surface area contributed by atoms with E-state index in [-0.39, 0.29) is 17.4 Å². The van der Waals surface area contributed by atoms with Gasteiger partial charge in [0, 0.05) is 19.5 Å². The number of amides is 1. The summed E-state index contributed by atoms with van der Waals surface area (Å²) in [7, 11) is 0. The number of benzene rings is 1. The zero-order valence-corrected chi connectivity index (χ0v) is 15.0. The first-order valence-corrected chi connectivity index (χ1v) is 9.25. The van der Waals surface area contributed by atoms with Crippen molar-refractivity contribution in [2.24, 2.45) is 0 Å². The highest BCUT2D eigenvalue weighted by Gasteiger charge is 2.36. The minimum absolute atomic E-state index is 0.144. The van der Waals surface area contributed by atoms with Gasteiger partial charge < -0.3 is 10.1 Å². The van der Waals surface area contributed by atoms with Crippen molar-refractivity contribution in [3.8, 4) is 0 Å². The number of hydrogen-bond acceptors (Lipinski definition) is 3. The van der Waals surface area contributed by atoms with Crippen molar-refractivity contribution in [1.82, 2.24) is 10.2 Å². The van der Waals surface area contributed by atoms with E-state index in [9.17, 15) is 4.79 Å². The molecule has 0 radical (unpaired) electrons. The number of nitrogens with zero attached hydrogens (tertiary/aromatic N) is 1. The molecule has 0 bridgehead atoms. The number of nitrogens with one attached hydrogen (secondary N) is 1. The van der Waals surface area contributed by atoms with Gasteiger partial charge in [-0.15, -0.1) is 0 Å². The second kappa shape index (κ2) is 7.66. The molecule has 1 fully saturated rings. The maximum atomic E-state index is 12.3. The second-order valence-corrected chi connectivity index (χ2v) is 7.71. The molecule has 1 saturated heterocycles. The zero-order chi connectivity index (χ0) is 17.0. The van der Waals surface area contributed by atoms with Gasteiger partial charge in [-0.25, -0.2) is 0 Å². The fourth-order valence-corrected chi connectivity index (χ4v) is 3.99. The molecule has 2 aliphatic rings. The van der Waals surface area contributed by atoms with E-state index in [1.54, 1.807) is 0 Å². The highest BCUT2D eigenvalue weighted by molar-refractivity contribution is 5.76. The van der Waals surface area contributed by atoms with E-state index in [0.717, 1.165) is 52.1 Å². The largest absolute Gasteiger partial charge is 0.379 e. The van der Waals surface area contributed by atoms with Gasteiger partial charge in [-0.3, -0.25) is 9.69 Å². The summed E-state index contributed by atoms with van der Waals surface area (Å²) in [4.78, 5) is 14.8. The lowest BCUT2D eigenvalue weighted by molar-refractivity contribution is -0.122. The number of rotatable bonds is 6. The number of morpholine rings is 1. The van der Waals surface area contributed by atoms with Gasteiger partial charge in [0.2, 0.25) is 5.91 Å². The molecule has 1 amide bonds. The maximum absolute atomic E-state index is 12.3. The molecule has 24 heavy (non-hydrogen) atoms. The molecule has 4 nitrogen and oxygen atoms in total. The molecular formula is C20H30N2O2. The van der Waals surface area contributed by atoms with E-state index < -0.39 is 0 Å². The van der Waals surface area contributed by atoms with Gasteiger partial charge in [0.15, 0.2) is 0 Å². The van der Waals surface area contributed by atoms with Crippen LogP contribution in [-0.4, -0.2) is 43.7 Å². The topological polar surface area (TPSA) is 41.6 Å². The Labute approximate surface area is 145 Å². The van der Waals surface area contributed by atoms with E-state index in [2.05, 4.69) is 48.3 Å². The number of carbonyl (C=O) groups is 1. The van der Waals surface area contributed by atoms with Crippen LogP contribution in [0.4, 0.5) is 0 Å². The van der Waals surface area contributed by atoms with Crippen molar-refractivity contribution in [3.63, 3.8) is 0 Å². The molecule has 1 aliphatic carbocycles. The third-order valence-corrected chi connectivity index (χ3v) is 5.35. The summed E-state index contributed by atoms with van der Waals surface area (Å²) in [6.07, 6.45) is 3.66. The molecule has 0 spiro atoms. The molecule has 0 aromatic heterocycles. The Morgan fingerprint density at radius 1 is 1.25 bits per heavy atom. The van der Waals surface area contributed by atoms with Crippen molar-refractivity contribution >= 4 is 5.91 Å². The molecule has 132 valence electrons. The van der Waals surface area contributed by atoms with E-state index in [1.807, 2.05) is 0 Å². The predicted molar refractivity (Wildman–Crippen MR) is 96.1 cm³/mol. The van der Waals surface area contributed by atoms with Crippen LogP contribution in [-0.2, 0) is 14.9 Å². The van der Waals surface area contributed by atoms with Gasteiger partial charge in [0.05, 0.1) is 19.3 Å². The SMILES string of the molecule is CC1(C)C[C@@H](NC(=O)CCCCN2CCOCC2)c2ccccc21. The predicted octanol–water partition coefficient (Wildman–Crippen LogP) is 3.03. The van der Waals surface area contributed by atoms with Crippen molar-refractivity contribution in [3.05, 3.63) is 35.4 Å². The van der Waals surface area contributed by atoms with Crippen LogP contribution in [0.5, 0.6) is 0 Å². The Morgan fingerprint density at radius 2 is 2.00 bits per heavy atom. The molecule has 1 aromatic rings. The first-order valence-electron chi connectivity index (χ1n) is 9.25. The summed E-state index contributed by atoms with van der Waals surface area (Å²) in [5.41, 5.74) is 2.82. The van der Waals surface area contributed by atoms with Crippen LogP contribution in [0.1, 0.15) is 56.7 Å². The van der Waals surface area contributed by atoms with Gasteiger partial charge in [-0.2, -0.15) is 0 Å². The zero-order valence-electron chi connectivity index (χ0n) is 15.0. The van der Waals surface area contributed by atoms with Crippen molar-refractivity contribution < 1.29 is 9.53 Å². The van der Waals surface area contributed by atoms with Crippen LogP contribution in [0, 0.1) is 0 Å². The maximum Gasteiger partial charge on any atom is 0.220 e. The first-order chi connectivity index (χ1) is 11.6. The summed E-state index contributed by atoms with van der Waals surface area (Å²) < 4.78 is 5.36.